The van der Waals surface area contributed by atoms with E-state index < -0.39 is 21.3 Å². The van der Waals surface area contributed by atoms with Gasteiger partial charge in [-0.15, -0.1) is 0 Å². The molecule has 0 aromatic heterocycles. The zero-order valence-electron chi connectivity index (χ0n) is 7.59. The molecule has 0 amide bonds. The molecule has 0 heterocycles. The Hall–Kier alpha value is -0.660. The van der Waals surface area contributed by atoms with Crippen LogP contribution in [-0.4, -0.2) is 29.3 Å². The van der Waals surface area contributed by atoms with Crippen LogP contribution < -0.4 is 0 Å². The number of aliphatic hydroxyl groups is 1. The summed E-state index contributed by atoms with van der Waals surface area (Å²) < 4.78 is 29.5. The van der Waals surface area contributed by atoms with Crippen molar-refractivity contribution in [2.45, 2.75) is 5.44 Å². The van der Waals surface area contributed by atoms with Crippen LogP contribution in [0.25, 0.3) is 0 Å². The summed E-state index contributed by atoms with van der Waals surface area (Å²) in [7, 11) is -4.84. The summed E-state index contributed by atoms with van der Waals surface area (Å²) in [6, 6.07) is 3.55. The predicted octanol–water partition coefficient (Wildman–Crippen LogP) is 1.38. The second kappa shape index (κ2) is 4.68. The number of benzene rings is 1. The van der Waals surface area contributed by atoms with Gasteiger partial charge >= 0.3 is 0 Å². The van der Waals surface area contributed by atoms with Crippen molar-refractivity contribution in [2.24, 2.45) is 0 Å². The van der Waals surface area contributed by atoms with Crippen LogP contribution in [0.1, 0.15) is 10.4 Å². The number of hydrogen-bond acceptors (Lipinski definition) is 4. The molecule has 88 valence electrons. The quantitative estimate of drug-likeness (QED) is 0.646. The van der Waals surface area contributed by atoms with Gasteiger partial charge in [-0.2, -0.15) is 8.42 Å². The average Bonchev–Trinajstić information content (AvgIpc) is 2.18. The minimum atomic E-state index is -4.84. The smallest absolute Gasteiger partial charge is 0.299 e. The van der Waals surface area contributed by atoms with Crippen molar-refractivity contribution in [2.75, 3.05) is 0 Å². The standard InChI is InChI=1S/C8H6Cl2O5S/c9-5-2-1-4(3-6(5)10)7(11)8(12)16(13,14)15/h1-3,8,12H,(H,13,14,15). The zero-order chi connectivity index (χ0) is 12.5. The monoisotopic (exact) mass is 284 g/mol. The molecule has 0 saturated heterocycles. The fraction of sp³-hybridized carbons (Fsp3) is 0.125. The first-order valence-electron chi connectivity index (χ1n) is 3.87. The lowest BCUT2D eigenvalue weighted by molar-refractivity contribution is 0.0848. The van der Waals surface area contributed by atoms with Crippen LogP contribution in [0.4, 0.5) is 0 Å². The molecule has 1 aromatic carbocycles. The zero-order valence-corrected chi connectivity index (χ0v) is 9.92. The maximum atomic E-state index is 11.4. The van der Waals surface area contributed by atoms with E-state index in [4.69, 9.17) is 32.9 Å². The van der Waals surface area contributed by atoms with Gasteiger partial charge in [0, 0.05) is 5.56 Å². The number of aliphatic hydroxyl groups excluding tert-OH is 1. The molecule has 1 rings (SSSR count). The van der Waals surface area contributed by atoms with Gasteiger partial charge in [0.2, 0.25) is 11.2 Å². The first-order chi connectivity index (χ1) is 7.23. The Morgan fingerprint density at radius 2 is 1.81 bits per heavy atom. The molecule has 8 heteroatoms. The van der Waals surface area contributed by atoms with Gasteiger partial charge in [0.05, 0.1) is 10.0 Å². The number of hydrogen-bond donors (Lipinski definition) is 2. The Labute approximate surface area is 101 Å². The number of rotatable bonds is 3. The molecule has 1 unspecified atom stereocenters. The van der Waals surface area contributed by atoms with Crippen LogP contribution in [0.2, 0.25) is 10.0 Å². The summed E-state index contributed by atoms with van der Waals surface area (Å²) in [5.74, 6) is -1.18. The molecule has 0 aliphatic carbocycles. The number of halogens is 2. The first kappa shape index (κ1) is 13.4. The molecular formula is C8H6Cl2O5S. The van der Waals surface area contributed by atoms with Gasteiger partial charge in [-0.3, -0.25) is 9.35 Å². The van der Waals surface area contributed by atoms with E-state index in [0.29, 0.717) is 0 Å². The minimum Gasteiger partial charge on any atom is -0.369 e. The first-order valence-corrected chi connectivity index (χ1v) is 6.13. The van der Waals surface area contributed by atoms with Crippen molar-refractivity contribution < 1.29 is 22.9 Å². The molecule has 0 spiro atoms. The van der Waals surface area contributed by atoms with Crippen LogP contribution >= 0.6 is 23.2 Å². The van der Waals surface area contributed by atoms with Gasteiger partial charge < -0.3 is 5.11 Å². The Balaban J connectivity index is 3.11. The van der Waals surface area contributed by atoms with Crippen molar-refractivity contribution in [1.82, 2.24) is 0 Å². The van der Waals surface area contributed by atoms with Gasteiger partial charge in [0.1, 0.15) is 0 Å². The molecule has 5 nitrogen and oxygen atoms in total. The SMILES string of the molecule is O=C(c1ccc(Cl)c(Cl)c1)C(O)S(=O)(=O)O. The molecule has 1 aromatic rings. The maximum absolute atomic E-state index is 11.4. The lowest BCUT2D eigenvalue weighted by Crippen LogP contribution is -2.29. The van der Waals surface area contributed by atoms with Crippen LogP contribution in [0.3, 0.4) is 0 Å². The van der Waals surface area contributed by atoms with Crippen LogP contribution in [0.15, 0.2) is 18.2 Å². The van der Waals surface area contributed by atoms with Gasteiger partial charge in [0.25, 0.3) is 10.1 Å². The van der Waals surface area contributed by atoms with E-state index in [1.165, 1.54) is 12.1 Å². The topological polar surface area (TPSA) is 91.7 Å². The molecular weight excluding hydrogens is 279 g/mol. The van der Waals surface area contributed by atoms with E-state index in [1.807, 2.05) is 0 Å². The Morgan fingerprint density at radius 3 is 2.25 bits per heavy atom. The van der Waals surface area contributed by atoms with Crippen molar-refractivity contribution in [3.05, 3.63) is 33.8 Å². The number of carbonyl (C=O) groups is 1. The van der Waals surface area contributed by atoms with Gasteiger partial charge in [-0.25, -0.2) is 0 Å². The molecule has 0 fully saturated rings. The predicted molar refractivity (Wildman–Crippen MR) is 58.3 cm³/mol. The van der Waals surface area contributed by atoms with E-state index in [2.05, 4.69) is 0 Å². The number of carbonyl (C=O) groups excluding carboxylic acids is 1. The molecule has 0 saturated carbocycles. The van der Waals surface area contributed by atoms with E-state index in [-0.39, 0.29) is 15.6 Å². The summed E-state index contributed by atoms with van der Waals surface area (Å²) >= 11 is 11.2. The molecule has 0 radical (unpaired) electrons. The maximum Gasteiger partial charge on any atom is 0.299 e. The van der Waals surface area contributed by atoms with E-state index in [0.717, 1.165) is 6.07 Å². The van der Waals surface area contributed by atoms with Crippen LogP contribution in [-0.2, 0) is 10.1 Å². The number of Topliss-reactive ketones (excluding diaryl/α,β-unsaturated/α-hetero) is 1. The minimum absolute atomic E-state index is 0.0371. The third-order valence-corrected chi connectivity index (χ3v) is 3.23. The van der Waals surface area contributed by atoms with E-state index in [9.17, 15) is 13.2 Å². The summed E-state index contributed by atoms with van der Waals surface area (Å²) in [6.07, 6.45) is 0. The fourth-order valence-electron chi connectivity index (χ4n) is 0.927. The van der Waals surface area contributed by atoms with Gasteiger partial charge in [-0.05, 0) is 18.2 Å². The highest BCUT2D eigenvalue weighted by molar-refractivity contribution is 7.87. The lowest BCUT2D eigenvalue weighted by Gasteiger charge is -2.06. The van der Waals surface area contributed by atoms with Crippen molar-refractivity contribution in [3.8, 4) is 0 Å². The lowest BCUT2D eigenvalue weighted by atomic mass is 10.1. The molecule has 0 bridgehead atoms. The largest absolute Gasteiger partial charge is 0.369 e. The second-order valence-corrected chi connectivity index (χ2v) is 5.15. The van der Waals surface area contributed by atoms with Crippen molar-refractivity contribution >= 4 is 39.1 Å². The van der Waals surface area contributed by atoms with Crippen molar-refractivity contribution in [3.63, 3.8) is 0 Å². The third-order valence-electron chi connectivity index (χ3n) is 1.71. The Bertz CT molecular complexity index is 525. The summed E-state index contributed by atoms with van der Waals surface area (Å²) in [5, 5.41) is 9.22. The summed E-state index contributed by atoms with van der Waals surface area (Å²) in [5.41, 5.74) is -2.69. The van der Waals surface area contributed by atoms with Gasteiger partial charge in [0.15, 0.2) is 0 Å². The van der Waals surface area contributed by atoms with Gasteiger partial charge in [-0.1, -0.05) is 23.2 Å². The summed E-state index contributed by atoms with van der Waals surface area (Å²) in [6.45, 7) is 0. The molecule has 0 aliphatic heterocycles. The average molecular weight is 285 g/mol. The van der Waals surface area contributed by atoms with E-state index in [1.54, 1.807) is 0 Å². The fourth-order valence-corrected chi connectivity index (χ4v) is 1.63. The highest BCUT2D eigenvalue weighted by Gasteiger charge is 2.29. The second-order valence-electron chi connectivity index (χ2n) is 2.86. The van der Waals surface area contributed by atoms with Crippen molar-refractivity contribution in [1.29, 1.82) is 0 Å². The highest BCUT2D eigenvalue weighted by Crippen LogP contribution is 2.23. The third kappa shape index (κ3) is 2.93. The normalized spacial score (nSPS) is 13.5. The molecule has 0 aliphatic rings. The Morgan fingerprint density at radius 1 is 1.25 bits per heavy atom. The van der Waals surface area contributed by atoms with Crippen LogP contribution in [0.5, 0.6) is 0 Å². The molecule has 1 atom stereocenters. The molecule has 16 heavy (non-hydrogen) atoms. The highest BCUT2D eigenvalue weighted by atomic mass is 35.5. The van der Waals surface area contributed by atoms with Crippen LogP contribution in [0, 0.1) is 0 Å². The Kier molecular flexibility index (Phi) is 3.92. The summed E-state index contributed by atoms with van der Waals surface area (Å²) in [4.78, 5) is 11.4. The van der Waals surface area contributed by atoms with E-state index >= 15 is 0 Å². The molecule has 2 N–H and O–H groups in total. The number of ketones is 1.